The number of aromatic amines is 1. The van der Waals surface area contributed by atoms with Gasteiger partial charge in [0.25, 0.3) is 11.8 Å². The Hall–Kier alpha value is -6.20. The van der Waals surface area contributed by atoms with Gasteiger partial charge in [-0.25, -0.2) is 0 Å². The first-order chi connectivity index (χ1) is 30.9. The van der Waals surface area contributed by atoms with E-state index >= 15 is 0 Å². The number of hydrogen-bond donors (Lipinski definition) is 12. The highest BCUT2D eigenvalue weighted by Gasteiger charge is 2.55. The molecule has 3 heterocycles. The van der Waals surface area contributed by atoms with Gasteiger partial charge in [-0.05, 0) is 29.7 Å². The summed E-state index contributed by atoms with van der Waals surface area (Å²) in [5.41, 5.74) is -0.495. The first-order valence-electron chi connectivity index (χ1n) is 20.5. The number of benzene rings is 2. The molecule has 65 heavy (non-hydrogen) atoms. The minimum absolute atomic E-state index is 0.0980. The van der Waals surface area contributed by atoms with Crippen molar-refractivity contribution in [1.29, 1.82) is 0 Å². The van der Waals surface area contributed by atoms with Crippen molar-refractivity contribution in [3.63, 3.8) is 0 Å². The molecule has 2 saturated heterocycles. The number of β-amino-alcohol motifs (C(OH)–C–C–N with tert-alkyl or cyclic N) is 1. The number of aromatic nitrogens is 1. The Balaban J connectivity index is 1.39. The Morgan fingerprint density at radius 2 is 1.65 bits per heavy atom. The lowest BCUT2D eigenvalue weighted by molar-refractivity contribution is -0.146. The average Bonchev–Trinajstić information content (AvgIpc) is 3.77. The zero-order chi connectivity index (χ0) is 47.4. The fourth-order valence-electron chi connectivity index (χ4n) is 7.30. The molecule has 0 spiro atoms. The van der Waals surface area contributed by atoms with Crippen LogP contribution in [0, 0.1) is 0 Å². The molecule has 1 unspecified atom stereocenters. The van der Waals surface area contributed by atoms with Gasteiger partial charge >= 0.3 is 0 Å². The number of ether oxygens (including phenoxy) is 1. The van der Waals surface area contributed by atoms with Gasteiger partial charge < -0.3 is 72.1 Å². The van der Waals surface area contributed by atoms with E-state index in [9.17, 15) is 59.1 Å². The standard InChI is InChI=1S/C43H53ClN8O13/c1-52-22-33(57)48-29(15-24-19-45-28-16-25(44)13-14-27(24)28)40(61)47-21-32(56)46-20-26(53)17-31(55)49-35(36(59)30(54)12-8-4-7-11-23-9-5-3-6-10-23)37(60)41(62)50-39-38(65-2)42(63)51-43(39,64)18-34(52)58/h3-11,13-14,16,19,26,29-30,35-39,45,53-54,59-60,64H,12,15,17-18,20-22H2,1-2H3,(H,46,56)(H,47,61)(H,48,57)(H,49,55)(H,50,62)(H,51,63)/b8-4+,11-7+/t26-,29+,30-,35?,36+,37-,38+,39-,43-/m0/s1. The van der Waals surface area contributed by atoms with Crippen LogP contribution in [0.2, 0.25) is 5.02 Å². The molecule has 0 radical (unpaired) electrons. The molecule has 0 saturated carbocycles. The molecule has 9 atom stereocenters. The number of rotatable bonds is 9. The topological polar surface area (TPSA) is 321 Å². The third-order valence-corrected chi connectivity index (χ3v) is 11.0. The van der Waals surface area contributed by atoms with Crippen LogP contribution in [0.4, 0.5) is 0 Å². The van der Waals surface area contributed by atoms with Gasteiger partial charge in [0.05, 0.1) is 44.2 Å². The molecule has 12 N–H and O–H groups in total. The van der Waals surface area contributed by atoms with Crippen LogP contribution < -0.4 is 31.9 Å². The first-order valence-corrected chi connectivity index (χ1v) is 20.9. The van der Waals surface area contributed by atoms with Crippen LogP contribution in [0.1, 0.15) is 30.4 Å². The van der Waals surface area contributed by atoms with Crippen molar-refractivity contribution in [2.24, 2.45) is 0 Å². The Kier molecular flexibility index (Phi) is 17.3. The van der Waals surface area contributed by atoms with Crippen molar-refractivity contribution in [3.8, 4) is 0 Å². The summed E-state index contributed by atoms with van der Waals surface area (Å²) in [6, 6.07) is 9.14. The van der Waals surface area contributed by atoms with Crippen LogP contribution in [0.3, 0.4) is 0 Å². The molecule has 5 rings (SSSR count). The van der Waals surface area contributed by atoms with Gasteiger partial charge in [-0.3, -0.25) is 33.6 Å². The number of likely N-dealkylation sites (N-methyl/N-ethyl adjacent to an activating group) is 1. The van der Waals surface area contributed by atoms with Crippen molar-refractivity contribution in [3.05, 3.63) is 89.1 Å². The highest BCUT2D eigenvalue weighted by Crippen LogP contribution is 2.26. The van der Waals surface area contributed by atoms with Gasteiger partial charge in [0, 0.05) is 49.2 Å². The predicted molar refractivity (Wildman–Crippen MR) is 233 cm³/mol. The monoisotopic (exact) mass is 924 g/mol. The van der Waals surface area contributed by atoms with E-state index in [0.29, 0.717) is 21.5 Å². The summed E-state index contributed by atoms with van der Waals surface area (Å²) in [7, 11) is 2.26. The second-order valence-corrected chi connectivity index (χ2v) is 16.2. The third-order valence-electron chi connectivity index (χ3n) is 10.8. The number of carbonyl (C=O) groups excluding carboxylic acids is 7. The second kappa shape index (κ2) is 22.6. The summed E-state index contributed by atoms with van der Waals surface area (Å²) in [5, 5.41) is 71.1. The maximum absolute atomic E-state index is 13.8. The number of aliphatic hydroxyl groups is 5. The van der Waals surface area contributed by atoms with E-state index in [0.717, 1.165) is 17.6 Å². The molecular weight excluding hydrogens is 872 g/mol. The highest BCUT2D eigenvalue weighted by molar-refractivity contribution is 6.31. The predicted octanol–water partition coefficient (Wildman–Crippen LogP) is -2.76. The summed E-state index contributed by atoms with van der Waals surface area (Å²) >= 11 is 6.12. The number of nitrogens with zero attached hydrogens (tertiary/aromatic N) is 1. The van der Waals surface area contributed by atoms with Crippen molar-refractivity contribution in [2.75, 3.05) is 33.8 Å². The molecule has 0 aliphatic carbocycles. The number of H-pyrrole nitrogens is 1. The SMILES string of the molecule is CO[C@H]1C(=O)N[C@]2(O)CC(=O)N(C)CC(=O)N[C@H](Cc3c[nH]c4cc(Cl)ccc34)C(=O)NCC(=O)NC[C@@H](O)CC(=O)NC([C@H](O)[C@@H](O)C/C=C/C=C/c3ccccc3)[C@H](O)C(=O)N[C@@H]12. The van der Waals surface area contributed by atoms with E-state index in [-0.39, 0.29) is 12.8 Å². The summed E-state index contributed by atoms with van der Waals surface area (Å²) in [6.45, 7) is -1.84. The molecule has 22 heteroatoms. The Bertz CT molecular complexity index is 2280. The number of fused-ring (bicyclic) bond motifs is 2. The van der Waals surface area contributed by atoms with E-state index in [1.165, 1.54) is 13.1 Å². The van der Waals surface area contributed by atoms with Gasteiger partial charge in [0.15, 0.2) is 17.9 Å². The molecule has 0 bridgehead atoms. The lowest BCUT2D eigenvalue weighted by Gasteiger charge is -2.34. The molecule has 2 aromatic carbocycles. The summed E-state index contributed by atoms with van der Waals surface area (Å²) in [6.07, 6.45) is -3.41. The highest BCUT2D eigenvalue weighted by atomic mass is 35.5. The molecule has 350 valence electrons. The average molecular weight is 925 g/mol. The Labute approximate surface area is 377 Å². The molecular formula is C43H53ClN8O13. The van der Waals surface area contributed by atoms with Crippen LogP contribution in [-0.4, -0.2) is 165 Å². The summed E-state index contributed by atoms with van der Waals surface area (Å²) in [5.74, 6) is -6.83. The van der Waals surface area contributed by atoms with Gasteiger partial charge in [-0.2, -0.15) is 0 Å². The van der Waals surface area contributed by atoms with E-state index in [2.05, 4.69) is 36.9 Å². The number of methoxy groups -OCH3 is 1. The quantitative estimate of drug-likeness (QED) is 0.0970. The smallest absolute Gasteiger partial charge is 0.253 e. The second-order valence-electron chi connectivity index (χ2n) is 15.7. The number of aliphatic hydroxyl groups excluding tert-OH is 4. The van der Waals surface area contributed by atoms with Crippen LogP contribution >= 0.6 is 11.6 Å². The molecule has 2 aliphatic heterocycles. The van der Waals surface area contributed by atoms with Crippen molar-refractivity contribution < 1.29 is 63.8 Å². The minimum Gasteiger partial charge on any atom is -0.391 e. The van der Waals surface area contributed by atoms with Crippen LogP contribution in [0.25, 0.3) is 17.0 Å². The van der Waals surface area contributed by atoms with Crippen LogP contribution in [0.15, 0.2) is 73.0 Å². The summed E-state index contributed by atoms with van der Waals surface area (Å²) < 4.78 is 5.22. The third kappa shape index (κ3) is 13.4. The normalized spacial score (nSPS) is 27.1. The van der Waals surface area contributed by atoms with Gasteiger partial charge in [0.1, 0.15) is 18.2 Å². The van der Waals surface area contributed by atoms with Crippen molar-refractivity contribution in [1.82, 2.24) is 41.8 Å². The lowest BCUT2D eigenvalue weighted by Crippen LogP contribution is -2.64. The van der Waals surface area contributed by atoms with E-state index in [1.807, 2.05) is 30.3 Å². The molecule has 2 aliphatic rings. The largest absolute Gasteiger partial charge is 0.391 e. The Morgan fingerprint density at radius 3 is 2.37 bits per heavy atom. The molecule has 1 aromatic heterocycles. The number of hydrogen-bond acceptors (Lipinski definition) is 13. The minimum atomic E-state index is -2.61. The summed E-state index contributed by atoms with van der Waals surface area (Å²) in [4.78, 5) is 97.2. The zero-order valence-electron chi connectivity index (χ0n) is 35.4. The van der Waals surface area contributed by atoms with Crippen LogP contribution in [0.5, 0.6) is 0 Å². The molecule has 2 fully saturated rings. The fraction of sp³-hybridized carbons (Fsp3) is 0.419. The van der Waals surface area contributed by atoms with Gasteiger partial charge in [-0.1, -0.05) is 72.3 Å². The van der Waals surface area contributed by atoms with E-state index in [4.69, 9.17) is 16.3 Å². The van der Waals surface area contributed by atoms with Gasteiger partial charge in [0.2, 0.25) is 29.5 Å². The fourth-order valence-corrected chi connectivity index (χ4v) is 7.47. The van der Waals surface area contributed by atoms with Crippen molar-refractivity contribution >= 4 is 69.9 Å². The van der Waals surface area contributed by atoms with E-state index in [1.54, 1.807) is 42.6 Å². The molecule has 3 aromatic rings. The van der Waals surface area contributed by atoms with Gasteiger partial charge in [-0.15, -0.1) is 0 Å². The number of nitrogens with one attached hydrogen (secondary N) is 7. The number of halogens is 1. The number of amides is 7. The number of carbonyl (C=O) groups is 7. The zero-order valence-corrected chi connectivity index (χ0v) is 36.2. The first kappa shape index (κ1) is 49.8. The van der Waals surface area contributed by atoms with Crippen molar-refractivity contribution in [2.45, 2.75) is 80.1 Å². The van der Waals surface area contributed by atoms with Crippen LogP contribution in [-0.2, 0) is 44.7 Å². The maximum Gasteiger partial charge on any atom is 0.253 e. The van der Waals surface area contributed by atoms with E-state index < -0.39 is 128 Å². The Morgan fingerprint density at radius 1 is 0.908 bits per heavy atom. The molecule has 21 nitrogen and oxygen atoms in total. The lowest BCUT2D eigenvalue weighted by atomic mass is 9.95. The number of allylic oxidation sites excluding steroid dienone is 2. The maximum atomic E-state index is 13.8. The molecule has 7 amide bonds.